The number of fused-ring (bicyclic) bond motifs is 3. The van der Waals surface area contributed by atoms with Crippen molar-refractivity contribution < 1.29 is 23.6 Å². The number of Topliss-reactive ketones (excluding diaryl/α,β-unsaturated/α-hetero) is 1. The summed E-state index contributed by atoms with van der Waals surface area (Å²) < 4.78 is 20.1. The molecule has 2 N–H and O–H groups in total. The topological polar surface area (TPSA) is 154 Å². The zero-order valence-electron chi connectivity index (χ0n) is 43.1. The summed E-state index contributed by atoms with van der Waals surface area (Å²) in [6.45, 7) is 9.03. The fraction of sp³-hybridized carbons (Fsp3) is 0.441. The lowest BCUT2D eigenvalue weighted by atomic mass is 9.74. The number of dihydropyridines is 1. The largest absolute Gasteiger partial charge is 0.388 e. The molecule has 3 fully saturated rings. The van der Waals surface area contributed by atoms with E-state index in [4.69, 9.17) is 9.98 Å². The molecule has 74 heavy (non-hydrogen) atoms. The highest BCUT2D eigenvalue weighted by Gasteiger charge is 2.42. The van der Waals surface area contributed by atoms with Crippen molar-refractivity contribution >= 4 is 62.9 Å². The number of pyridine rings is 2. The summed E-state index contributed by atoms with van der Waals surface area (Å²) in [5.41, 5.74) is 11.6. The van der Waals surface area contributed by atoms with Crippen LogP contribution >= 0.6 is 0 Å². The number of ketones is 1. The Morgan fingerprint density at radius 1 is 0.905 bits per heavy atom. The van der Waals surface area contributed by atoms with E-state index >= 15 is 4.39 Å². The molecule has 1 saturated carbocycles. The fourth-order valence-electron chi connectivity index (χ4n) is 13.1. The van der Waals surface area contributed by atoms with Gasteiger partial charge in [0.25, 0.3) is 5.56 Å². The number of hydrogen-bond acceptors (Lipinski definition) is 10. The summed E-state index contributed by atoms with van der Waals surface area (Å²) in [4.78, 5) is 81.4. The van der Waals surface area contributed by atoms with Gasteiger partial charge in [0.1, 0.15) is 11.5 Å². The quantitative estimate of drug-likeness (QED) is 0.0985. The summed E-state index contributed by atoms with van der Waals surface area (Å²) in [6.07, 6.45) is 13.9. The molecule has 4 aliphatic heterocycles. The number of nitrogens with zero attached hydrogens (tertiary/aromatic N) is 7. The second kappa shape index (κ2) is 20.0. The lowest BCUT2D eigenvalue weighted by Crippen LogP contribution is -2.50. The molecule has 0 bridgehead atoms. The van der Waals surface area contributed by atoms with Crippen LogP contribution in [0.4, 0.5) is 21.5 Å². The molecule has 6 atom stereocenters. The van der Waals surface area contributed by atoms with E-state index in [0.29, 0.717) is 42.2 Å². The van der Waals surface area contributed by atoms with Crippen molar-refractivity contribution in [1.29, 1.82) is 0 Å². The molecule has 11 rings (SSSR count). The fourth-order valence-corrected chi connectivity index (χ4v) is 13.1. The van der Waals surface area contributed by atoms with Crippen LogP contribution in [0.2, 0.25) is 0 Å². The van der Waals surface area contributed by atoms with Crippen molar-refractivity contribution in [3.8, 4) is 5.69 Å². The number of carbonyl (C=O) groups is 4. The number of nitrogens with one attached hydrogen (secondary N) is 2. The minimum atomic E-state index is -0.500. The predicted octanol–water partition coefficient (Wildman–Crippen LogP) is 8.19. The van der Waals surface area contributed by atoms with Crippen molar-refractivity contribution in [1.82, 2.24) is 24.3 Å². The Hall–Kier alpha value is -7.00. The van der Waals surface area contributed by atoms with Crippen LogP contribution in [0.3, 0.4) is 0 Å². The van der Waals surface area contributed by atoms with Gasteiger partial charge in [-0.3, -0.25) is 43.7 Å². The molecule has 14 nitrogen and oxygen atoms in total. The summed E-state index contributed by atoms with van der Waals surface area (Å²) in [6, 6.07) is 17.2. The third-order valence-electron chi connectivity index (χ3n) is 17.4. The van der Waals surface area contributed by atoms with Gasteiger partial charge in [0.15, 0.2) is 5.78 Å². The standard InChI is InChI=1S/C59H66FN9O5/c1-34-24-42(28-49(60)55(34)37-8-6-36(7-9-37)35(2)51-31-48-50(16-18-62-57(48)65(51)4)69-19-17-43(61-3)29-54(69)71)56(72)39-10-11-40-32-63-44(26-41(40)25-39)33-67-20-22-68(23-21-67)45-13-12-38-27-47(59(74)66(5)52(38)30-45)46-14-15-53(70)64-58(46)73/h8,12-13,16-19,24,26,28-31,35-36,39-40,46-47,61H,6-7,9-11,14-15,20-23,25,27,32-33H2,1-5H3,(H,64,70,73)/t35-,36?,39?,40?,46?,47?/m1/s1. The smallest absolute Gasteiger partial charge is 0.257 e. The Morgan fingerprint density at radius 2 is 1.73 bits per heavy atom. The van der Waals surface area contributed by atoms with Gasteiger partial charge in [0.2, 0.25) is 17.7 Å². The first-order valence-electron chi connectivity index (χ1n) is 26.6. The number of hydrogen-bond donors (Lipinski definition) is 2. The zero-order valence-corrected chi connectivity index (χ0v) is 43.1. The Morgan fingerprint density at radius 3 is 2.47 bits per heavy atom. The molecule has 0 radical (unpaired) electrons. The number of aliphatic imine (C=N–C) groups is 1. The molecule has 3 aromatic heterocycles. The molecular formula is C59H66FN9O5. The molecule has 2 saturated heterocycles. The van der Waals surface area contributed by atoms with Gasteiger partial charge >= 0.3 is 0 Å². The van der Waals surface area contributed by atoms with Crippen molar-refractivity contribution in [3.63, 3.8) is 0 Å². The van der Waals surface area contributed by atoms with Crippen LogP contribution in [0, 0.1) is 42.3 Å². The van der Waals surface area contributed by atoms with E-state index in [1.54, 1.807) is 42.0 Å². The van der Waals surface area contributed by atoms with Gasteiger partial charge in [-0.25, -0.2) is 9.37 Å². The first-order valence-corrected chi connectivity index (χ1v) is 26.6. The minimum Gasteiger partial charge on any atom is -0.388 e. The number of carbonyl (C=O) groups excluding carboxylic acids is 4. The molecule has 15 heteroatoms. The average Bonchev–Trinajstić information content (AvgIpc) is 3.75. The molecule has 2 aromatic carbocycles. The molecule has 384 valence electrons. The number of aryl methyl sites for hydroxylation is 2. The van der Waals surface area contributed by atoms with E-state index in [2.05, 4.69) is 68.3 Å². The van der Waals surface area contributed by atoms with Gasteiger partial charge in [-0.15, -0.1) is 0 Å². The number of amides is 3. The highest BCUT2D eigenvalue weighted by molar-refractivity contribution is 6.05. The van der Waals surface area contributed by atoms with Crippen molar-refractivity contribution in [2.45, 2.75) is 77.6 Å². The van der Waals surface area contributed by atoms with Crippen LogP contribution in [0.1, 0.15) is 97.0 Å². The molecule has 7 heterocycles. The number of aromatic nitrogens is 3. The van der Waals surface area contributed by atoms with Crippen molar-refractivity contribution in [3.05, 3.63) is 129 Å². The summed E-state index contributed by atoms with van der Waals surface area (Å²) in [5, 5.41) is 6.37. The number of rotatable bonds is 11. The highest BCUT2D eigenvalue weighted by Crippen LogP contribution is 2.43. The van der Waals surface area contributed by atoms with Crippen molar-refractivity contribution in [2.24, 2.45) is 41.6 Å². The normalized spacial score (nSPS) is 23.9. The van der Waals surface area contributed by atoms with Gasteiger partial charge in [-0.05, 0) is 141 Å². The first kappa shape index (κ1) is 49.2. The third-order valence-corrected chi connectivity index (χ3v) is 17.4. The van der Waals surface area contributed by atoms with Gasteiger partial charge < -0.3 is 19.7 Å². The first-order chi connectivity index (χ1) is 35.7. The predicted molar refractivity (Wildman–Crippen MR) is 288 cm³/mol. The van der Waals surface area contributed by atoms with Gasteiger partial charge in [-0.1, -0.05) is 24.6 Å². The molecular weight excluding hydrogens is 934 g/mol. The number of halogens is 1. The summed E-state index contributed by atoms with van der Waals surface area (Å²) in [7, 11) is 5.61. The number of piperidine rings is 1. The zero-order chi connectivity index (χ0) is 51.5. The van der Waals surface area contributed by atoms with E-state index < -0.39 is 11.8 Å². The van der Waals surface area contributed by atoms with Gasteiger partial charge in [0, 0.05) is 136 Å². The maximum absolute atomic E-state index is 16.3. The van der Waals surface area contributed by atoms with Gasteiger partial charge in [-0.2, -0.15) is 0 Å². The number of anilines is 3. The van der Waals surface area contributed by atoms with E-state index in [-0.39, 0.29) is 53.1 Å². The highest BCUT2D eigenvalue weighted by atomic mass is 19.1. The number of benzene rings is 2. The number of allylic oxidation sites excluding steroid dienone is 2. The second-order valence-corrected chi connectivity index (χ2v) is 21.7. The maximum atomic E-state index is 16.3. The summed E-state index contributed by atoms with van der Waals surface area (Å²) in [5.74, 6) is -1.33. The molecule has 6 aliphatic rings. The molecule has 5 unspecified atom stereocenters. The Bertz CT molecular complexity index is 3250. The van der Waals surface area contributed by atoms with Crippen LogP contribution in [0.15, 0.2) is 94.5 Å². The number of imide groups is 1. The van der Waals surface area contributed by atoms with E-state index in [1.807, 2.05) is 32.2 Å². The Balaban J connectivity index is 0.697. The van der Waals surface area contributed by atoms with Crippen LogP contribution in [-0.4, -0.2) is 102 Å². The summed E-state index contributed by atoms with van der Waals surface area (Å²) >= 11 is 0. The monoisotopic (exact) mass is 1000 g/mol. The lowest BCUT2D eigenvalue weighted by molar-refractivity contribution is -0.141. The van der Waals surface area contributed by atoms with Gasteiger partial charge in [0.05, 0.1) is 17.5 Å². The lowest BCUT2D eigenvalue weighted by Gasteiger charge is -2.39. The van der Waals surface area contributed by atoms with Crippen LogP contribution < -0.4 is 26.0 Å². The second-order valence-electron chi connectivity index (χ2n) is 21.7. The van der Waals surface area contributed by atoms with Crippen LogP contribution in [0.5, 0.6) is 0 Å². The minimum absolute atomic E-state index is 0.0175. The van der Waals surface area contributed by atoms with Crippen molar-refractivity contribution in [2.75, 3.05) is 68.5 Å². The third kappa shape index (κ3) is 9.21. The molecule has 0 spiro atoms. The van der Waals surface area contributed by atoms with Crippen LogP contribution in [0.25, 0.3) is 22.3 Å². The Labute approximate surface area is 431 Å². The molecule has 3 amide bonds. The van der Waals surface area contributed by atoms with E-state index in [0.717, 1.165) is 133 Å². The average molecular weight is 1000 g/mol. The maximum Gasteiger partial charge on any atom is 0.257 e. The molecule has 2 aliphatic carbocycles. The van der Waals surface area contributed by atoms with E-state index in [1.165, 1.54) is 11.6 Å². The molecule has 5 aromatic rings. The Kier molecular flexibility index (Phi) is 13.3. The SMILES string of the molecule is CNc1ccn(-c2ccnc3c2cc([C@H](C)C2CC=C(c4c(C)cc(C(=O)C5CCC6CN=C(CN7CCN(c8ccc9c(c8)N(C)C(=O)C(C8CCC(=O)NC8=O)C9)CC7)C=C6C5)cc4F)CC2)n3C)c(=O)c1. The number of piperazine rings is 1. The van der Waals surface area contributed by atoms with E-state index in [9.17, 15) is 24.0 Å². The van der Waals surface area contributed by atoms with Crippen LogP contribution in [-0.2, 0) is 27.9 Å².